The van der Waals surface area contributed by atoms with Gasteiger partial charge in [-0.2, -0.15) is 0 Å². The van der Waals surface area contributed by atoms with Crippen LogP contribution in [-0.4, -0.2) is 37.0 Å². The number of benzene rings is 1. The van der Waals surface area contributed by atoms with Crippen molar-refractivity contribution in [3.63, 3.8) is 0 Å². The molecule has 0 aliphatic rings. The molecule has 4 heteroatoms. The first kappa shape index (κ1) is 18.5. The van der Waals surface area contributed by atoms with Crippen LogP contribution in [-0.2, 0) is 9.47 Å². The average molecular weight is 306 g/mol. The highest BCUT2D eigenvalue weighted by Gasteiger charge is 2.33. The van der Waals surface area contributed by atoms with Crippen molar-refractivity contribution in [2.45, 2.75) is 51.7 Å². The zero-order chi connectivity index (χ0) is 17.0. The molecule has 4 nitrogen and oxygen atoms in total. The van der Waals surface area contributed by atoms with Gasteiger partial charge < -0.3 is 9.47 Å². The van der Waals surface area contributed by atoms with E-state index < -0.39 is 11.2 Å². The molecule has 0 saturated carbocycles. The fourth-order valence-electron chi connectivity index (χ4n) is 2.18. The van der Waals surface area contributed by atoms with E-state index in [4.69, 9.17) is 9.47 Å². The van der Waals surface area contributed by atoms with Gasteiger partial charge in [-0.05, 0) is 26.7 Å². The Kier molecular flexibility index (Phi) is 6.03. The maximum atomic E-state index is 12.5. The fourth-order valence-corrected chi connectivity index (χ4v) is 2.18. The fraction of sp³-hybridized carbons (Fsp3) is 0.556. The molecule has 0 aliphatic carbocycles. The van der Waals surface area contributed by atoms with Gasteiger partial charge in [0.1, 0.15) is 11.2 Å². The lowest BCUT2D eigenvalue weighted by molar-refractivity contribution is 0.0102. The number of rotatable bonds is 8. The molecule has 1 aromatic carbocycles. The third-order valence-electron chi connectivity index (χ3n) is 4.62. The summed E-state index contributed by atoms with van der Waals surface area (Å²) in [5, 5.41) is 0. The molecule has 0 bridgehead atoms. The molecule has 0 heterocycles. The van der Waals surface area contributed by atoms with Crippen LogP contribution in [0.2, 0.25) is 0 Å². The standard InChI is InChI=1S/C18H26O4/c1-7-17(3,21-5)15(19)13-9-11-14(12-10-13)16(20)18(4,8-2)22-6/h9-12H,7-8H2,1-6H3. The summed E-state index contributed by atoms with van der Waals surface area (Å²) < 4.78 is 10.7. The van der Waals surface area contributed by atoms with Crippen molar-refractivity contribution >= 4 is 11.6 Å². The van der Waals surface area contributed by atoms with Gasteiger partial charge in [0.15, 0.2) is 11.6 Å². The summed E-state index contributed by atoms with van der Waals surface area (Å²) >= 11 is 0. The Hall–Kier alpha value is -1.52. The SMILES string of the molecule is CCC(C)(OC)C(=O)c1ccc(C(=O)C(C)(CC)OC)cc1. The van der Waals surface area contributed by atoms with E-state index in [1.165, 1.54) is 14.2 Å². The number of carbonyl (C=O) groups is 2. The minimum absolute atomic E-state index is 0.0820. The zero-order valence-corrected chi connectivity index (χ0v) is 14.4. The molecule has 0 radical (unpaired) electrons. The molecule has 1 aromatic rings. The second kappa shape index (κ2) is 7.16. The molecule has 0 saturated heterocycles. The highest BCUT2D eigenvalue weighted by molar-refractivity contribution is 6.05. The minimum atomic E-state index is -0.837. The molecule has 22 heavy (non-hydrogen) atoms. The van der Waals surface area contributed by atoms with E-state index in [1.807, 2.05) is 13.8 Å². The first-order chi connectivity index (χ1) is 10.3. The van der Waals surface area contributed by atoms with Gasteiger partial charge in [0, 0.05) is 25.3 Å². The van der Waals surface area contributed by atoms with Crippen molar-refractivity contribution in [3.8, 4) is 0 Å². The summed E-state index contributed by atoms with van der Waals surface area (Å²) in [5.41, 5.74) is -0.594. The maximum absolute atomic E-state index is 12.5. The van der Waals surface area contributed by atoms with Gasteiger partial charge >= 0.3 is 0 Å². The van der Waals surface area contributed by atoms with Crippen molar-refractivity contribution in [2.75, 3.05) is 14.2 Å². The number of carbonyl (C=O) groups excluding carboxylic acids is 2. The summed E-state index contributed by atoms with van der Waals surface area (Å²) in [4.78, 5) is 25.0. The van der Waals surface area contributed by atoms with E-state index in [-0.39, 0.29) is 11.6 Å². The molecule has 0 spiro atoms. The highest BCUT2D eigenvalue weighted by Crippen LogP contribution is 2.24. The molecule has 2 unspecified atom stereocenters. The molecule has 0 N–H and O–H groups in total. The third kappa shape index (κ3) is 3.45. The maximum Gasteiger partial charge on any atom is 0.194 e. The van der Waals surface area contributed by atoms with E-state index in [0.717, 1.165) is 0 Å². The van der Waals surface area contributed by atoms with E-state index in [2.05, 4.69) is 0 Å². The van der Waals surface area contributed by atoms with Crippen molar-refractivity contribution in [3.05, 3.63) is 35.4 Å². The Bertz CT molecular complexity index is 474. The first-order valence-electron chi connectivity index (χ1n) is 7.58. The van der Waals surface area contributed by atoms with E-state index >= 15 is 0 Å². The van der Waals surface area contributed by atoms with Gasteiger partial charge in [-0.1, -0.05) is 38.1 Å². The Morgan fingerprint density at radius 1 is 0.818 bits per heavy atom. The zero-order valence-electron chi connectivity index (χ0n) is 14.4. The number of methoxy groups -OCH3 is 2. The van der Waals surface area contributed by atoms with E-state index in [9.17, 15) is 9.59 Å². The van der Waals surface area contributed by atoms with Gasteiger partial charge in [0.25, 0.3) is 0 Å². The van der Waals surface area contributed by atoms with Crippen LogP contribution in [0.3, 0.4) is 0 Å². The molecule has 1 rings (SSSR count). The lowest BCUT2D eigenvalue weighted by Crippen LogP contribution is -2.37. The van der Waals surface area contributed by atoms with Crippen molar-refractivity contribution < 1.29 is 19.1 Å². The Morgan fingerprint density at radius 2 is 1.09 bits per heavy atom. The molecule has 0 fully saturated rings. The lowest BCUT2D eigenvalue weighted by atomic mass is 9.89. The van der Waals surface area contributed by atoms with E-state index in [0.29, 0.717) is 24.0 Å². The summed E-state index contributed by atoms with van der Waals surface area (Å²) in [7, 11) is 3.06. The lowest BCUT2D eigenvalue weighted by Gasteiger charge is -2.26. The number of hydrogen-bond acceptors (Lipinski definition) is 4. The molecule has 0 amide bonds. The predicted octanol–water partition coefficient (Wildman–Crippen LogP) is 3.68. The number of ether oxygens (including phenoxy) is 2. The van der Waals surface area contributed by atoms with Crippen LogP contribution in [0.25, 0.3) is 0 Å². The first-order valence-corrected chi connectivity index (χ1v) is 7.58. The molecular formula is C18H26O4. The summed E-state index contributed by atoms with van der Waals surface area (Å²) in [5.74, 6) is -0.164. The van der Waals surface area contributed by atoms with Crippen LogP contribution >= 0.6 is 0 Å². The Labute approximate surface area is 132 Å². The smallest absolute Gasteiger partial charge is 0.194 e. The van der Waals surface area contributed by atoms with Crippen LogP contribution in [0.5, 0.6) is 0 Å². The normalized spacial score (nSPS) is 16.6. The third-order valence-corrected chi connectivity index (χ3v) is 4.62. The highest BCUT2D eigenvalue weighted by atomic mass is 16.5. The van der Waals surface area contributed by atoms with Crippen molar-refractivity contribution in [2.24, 2.45) is 0 Å². The van der Waals surface area contributed by atoms with Gasteiger partial charge in [-0.25, -0.2) is 0 Å². The van der Waals surface area contributed by atoms with Gasteiger partial charge in [0.05, 0.1) is 0 Å². The van der Waals surface area contributed by atoms with Crippen LogP contribution in [0.4, 0.5) is 0 Å². The molecule has 2 atom stereocenters. The van der Waals surface area contributed by atoms with Crippen molar-refractivity contribution in [1.29, 1.82) is 0 Å². The summed E-state index contributed by atoms with van der Waals surface area (Å²) in [6.45, 7) is 7.36. The van der Waals surface area contributed by atoms with Crippen LogP contribution < -0.4 is 0 Å². The quantitative estimate of drug-likeness (QED) is 0.687. The van der Waals surface area contributed by atoms with Crippen LogP contribution in [0, 0.1) is 0 Å². The minimum Gasteiger partial charge on any atom is -0.370 e. The summed E-state index contributed by atoms with van der Waals surface area (Å²) in [6.07, 6.45) is 1.17. The Balaban J connectivity index is 3.06. The second-order valence-electron chi connectivity index (χ2n) is 5.81. The topological polar surface area (TPSA) is 52.6 Å². The predicted molar refractivity (Wildman–Crippen MR) is 86.5 cm³/mol. The molecule has 0 aromatic heterocycles. The van der Waals surface area contributed by atoms with Gasteiger partial charge in [0.2, 0.25) is 0 Å². The summed E-state index contributed by atoms with van der Waals surface area (Å²) in [6, 6.07) is 6.70. The molecular weight excluding hydrogens is 280 g/mol. The number of Topliss-reactive ketones (excluding diaryl/α,β-unsaturated/α-hetero) is 2. The molecule has 122 valence electrons. The van der Waals surface area contributed by atoms with Crippen LogP contribution in [0.15, 0.2) is 24.3 Å². The monoisotopic (exact) mass is 306 g/mol. The van der Waals surface area contributed by atoms with Crippen LogP contribution in [0.1, 0.15) is 61.3 Å². The van der Waals surface area contributed by atoms with Gasteiger partial charge in [-0.3, -0.25) is 9.59 Å². The van der Waals surface area contributed by atoms with Crippen molar-refractivity contribution in [1.82, 2.24) is 0 Å². The second-order valence-corrected chi connectivity index (χ2v) is 5.81. The number of hydrogen-bond donors (Lipinski definition) is 0. The average Bonchev–Trinajstić information content (AvgIpc) is 2.59. The Morgan fingerprint density at radius 3 is 1.27 bits per heavy atom. The molecule has 0 aliphatic heterocycles. The van der Waals surface area contributed by atoms with Gasteiger partial charge in [-0.15, -0.1) is 0 Å². The number of ketones is 2. The largest absolute Gasteiger partial charge is 0.370 e. The van der Waals surface area contributed by atoms with E-state index in [1.54, 1.807) is 38.1 Å².